The molecular weight excluding hydrogens is 307 g/mol. The van der Waals surface area contributed by atoms with E-state index < -0.39 is 11.7 Å². The van der Waals surface area contributed by atoms with Crippen molar-refractivity contribution in [3.8, 4) is 6.07 Å². The fraction of sp³-hybridized carbons (Fsp3) is 0.500. The highest BCUT2D eigenvalue weighted by Crippen LogP contribution is 2.34. The number of alkyl halides is 3. The number of nitriles is 1. The van der Waals surface area contributed by atoms with Crippen LogP contribution in [-0.4, -0.2) is 19.0 Å². The van der Waals surface area contributed by atoms with Gasteiger partial charge < -0.3 is 10.6 Å². The summed E-state index contributed by atoms with van der Waals surface area (Å²) in [6, 6.07) is 5.28. The van der Waals surface area contributed by atoms with Crippen molar-refractivity contribution < 1.29 is 18.0 Å². The maximum atomic E-state index is 12.8. The number of carbonyl (C=O) groups excluding carboxylic acids is 1. The van der Waals surface area contributed by atoms with Gasteiger partial charge in [0.15, 0.2) is 0 Å². The van der Waals surface area contributed by atoms with Gasteiger partial charge in [-0.15, -0.1) is 0 Å². The Balaban J connectivity index is 2.15. The third-order valence-corrected chi connectivity index (χ3v) is 4.11. The predicted octanol–water partition coefficient (Wildman–Crippen LogP) is 3.06. The first kappa shape index (κ1) is 17.1. The molecule has 2 rings (SSSR count). The second-order valence-electron chi connectivity index (χ2n) is 5.80. The number of nitrogens with zero attached hydrogens (tertiary/aromatic N) is 2. The fourth-order valence-corrected chi connectivity index (χ4v) is 2.95. The largest absolute Gasteiger partial charge is 0.417 e. The van der Waals surface area contributed by atoms with Gasteiger partial charge in [-0.3, -0.25) is 4.79 Å². The van der Waals surface area contributed by atoms with Crippen molar-refractivity contribution >= 4 is 11.6 Å². The molecule has 1 aromatic rings. The minimum atomic E-state index is -4.53. The number of benzene rings is 1. The second kappa shape index (κ2) is 6.90. The SMILES string of the molecule is N#Cc1cc(N2CCC[C@H](CCC(N)=O)C2)ccc1C(F)(F)F. The molecule has 0 saturated carbocycles. The summed E-state index contributed by atoms with van der Waals surface area (Å²) in [7, 11) is 0. The van der Waals surface area contributed by atoms with E-state index >= 15 is 0 Å². The first-order valence-electron chi connectivity index (χ1n) is 7.46. The van der Waals surface area contributed by atoms with E-state index in [1.54, 1.807) is 6.07 Å². The molecule has 1 aromatic carbocycles. The van der Waals surface area contributed by atoms with Gasteiger partial charge in [0, 0.05) is 25.2 Å². The van der Waals surface area contributed by atoms with Gasteiger partial charge in [-0.05, 0) is 43.4 Å². The Morgan fingerprint density at radius 1 is 1.43 bits per heavy atom. The van der Waals surface area contributed by atoms with Crippen LogP contribution >= 0.6 is 0 Å². The molecule has 0 aliphatic carbocycles. The topological polar surface area (TPSA) is 70.1 Å². The molecule has 0 aromatic heterocycles. The first-order chi connectivity index (χ1) is 10.8. The Morgan fingerprint density at radius 2 is 2.17 bits per heavy atom. The van der Waals surface area contributed by atoms with E-state index in [2.05, 4.69) is 0 Å². The summed E-state index contributed by atoms with van der Waals surface area (Å²) in [5, 5.41) is 8.98. The van der Waals surface area contributed by atoms with Crippen LogP contribution in [0.25, 0.3) is 0 Å². The van der Waals surface area contributed by atoms with Crippen LogP contribution in [0.3, 0.4) is 0 Å². The Labute approximate surface area is 132 Å². The molecule has 1 aliphatic heterocycles. The molecule has 0 radical (unpaired) electrons. The van der Waals surface area contributed by atoms with Crippen molar-refractivity contribution in [1.29, 1.82) is 5.26 Å². The molecule has 0 bridgehead atoms. The number of carbonyl (C=O) groups is 1. The number of piperidine rings is 1. The van der Waals surface area contributed by atoms with Gasteiger partial charge in [0.05, 0.1) is 17.2 Å². The number of hydrogen-bond acceptors (Lipinski definition) is 3. The van der Waals surface area contributed by atoms with Crippen LogP contribution in [0, 0.1) is 17.2 Å². The molecule has 1 saturated heterocycles. The van der Waals surface area contributed by atoms with Gasteiger partial charge in [-0.25, -0.2) is 0 Å². The van der Waals surface area contributed by atoms with Crippen LogP contribution in [0.1, 0.15) is 36.8 Å². The molecule has 1 aliphatic rings. The van der Waals surface area contributed by atoms with Crippen LogP contribution in [-0.2, 0) is 11.0 Å². The van der Waals surface area contributed by atoms with Gasteiger partial charge in [-0.2, -0.15) is 18.4 Å². The predicted molar refractivity (Wildman–Crippen MR) is 79.5 cm³/mol. The van der Waals surface area contributed by atoms with Crippen molar-refractivity contribution in [3.63, 3.8) is 0 Å². The van der Waals surface area contributed by atoms with E-state index in [1.165, 1.54) is 12.1 Å². The maximum Gasteiger partial charge on any atom is 0.417 e. The van der Waals surface area contributed by atoms with Crippen LogP contribution in [0.5, 0.6) is 0 Å². The molecule has 0 spiro atoms. The second-order valence-corrected chi connectivity index (χ2v) is 5.80. The molecular formula is C16H18F3N3O. The third kappa shape index (κ3) is 4.38. The number of halogens is 3. The molecule has 0 unspecified atom stereocenters. The summed E-state index contributed by atoms with van der Waals surface area (Å²) in [6.07, 6.45) is -1.68. The highest BCUT2D eigenvalue weighted by molar-refractivity contribution is 5.73. The van der Waals surface area contributed by atoms with E-state index in [0.29, 0.717) is 25.1 Å². The molecule has 4 nitrogen and oxygen atoms in total. The fourth-order valence-electron chi connectivity index (χ4n) is 2.95. The zero-order valence-electron chi connectivity index (χ0n) is 12.6. The number of rotatable bonds is 4. The van der Waals surface area contributed by atoms with Gasteiger partial charge in [-0.1, -0.05) is 0 Å². The molecule has 124 valence electrons. The Bertz CT molecular complexity index is 622. The minimum absolute atomic E-state index is 0.282. The van der Waals surface area contributed by atoms with Crippen molar-refractivity contribution in [2.24, 2.45) is 11.7 Å². The first-order valence-corrected chi connectivity index (χ1v) is 7.46. The van der Waals surface area contributed by atoms with Crippen LogP contribution in [0.15, 0.2) is 18.2 Å². The van der Waals surface area contributed by atoms with Gasteiger partial charge >= 0.3 is 6.18 Å². The summed E-state index contributed by atoms with van der Waals surface area (Å²) in [5.74, 6) is -0.0625. The Kier molecular flexibility index (Phi) is 5.14. The van der Waals surface area contributed by atoms with Crippen molar-refractivity contribution in [1.82, 2.24) is 0 Å². The maximum absolute atomic E-state index is 12.8. The lowest BCUT2D eigenvalue weighted by atomic mass is 9.92. The smallest absolute Gasteiger partial charge is 0.371 e. The van der Waals surface area contributed by atoms with Gasteiger partial charge in [0.2, 0.25) is 5.91 Å². The van der Waals surface area contributed by atoms with Crippen molar-refractivity contribution in [3.05, 3.63) is 29.3 Å². The lowest BCUT2D eigenvalue weighted by Crippen LogP contribution is -2.36. The summed E-state index contributed by atoms with van der Waals surface area (Å²) in [6.45, 7) is 1.38. The summed E-state index contributed by atoms with van der Waals surface area (Å²) in [4.78, 5) is 12.8. The quantitative estimate of drug-likeness (QED) is 0.925. The zero-order chi connectivity index (χ0) is 17.0. The molecule has 23 heavy (non-hydrogen) atoms. The average molecular weight is 325 g/mol. The summed E-state index contributed by atoms with van der Waals surface area (Å²) >= 11 is 0. The number of anilines is 1. The van der Waals surface area contributed by atoms with E-state index in [1.807, 2.05) is 4.90 Å². The highest BCUT2D eigenvalue weighted by Gasteiger charge is 2.34. The molecule has 2 N–H and O–H groups in total. The molecule has 1 heterocycles. The molecule has 7 heteroatoms. The highest BCUT2D eigenvalue weighted by atomic mass is 19.4. The number of amides is 1. The van der Waals surface area contributed by atoms with E-state index in [0.717, 1.165) is 25.5 Å². The van der Waals surface area contributed by atoms with Crippen molar-refractivity contribution in [2.45, 2.75) is 31.9 Å². The minimum Gasteiger partial charge on any atom is -0.371 e. The average Bonchev–Trinajstić information content (AvgIpc) is 2.51. The van der Waals surface area contributed by atoms with Crippen LogP contribution < -0.4 is 10.6 Å². The zero-order valence-corrected chi connectivity index (χ0v) is 12.6. The Morgan fingerprint density at radius 3 is 2.78 bits per heavy atom. The summed E-state index contributed by atoms with van der Waals surface area (Å²) in [5.41, 5.74) is 4.49. The van der Waals surface area contributed by atoms with Crippen LogP contribution in [0.4, 0.5) is 18.9 Å². The van der Waals surface area contributed by atoms with E-state index in [9.17, 15) is 18.0 Å². The van der Waals surface area contributed by atoms with E-state index in [4.69, 9.17) is 11.0 Å². The molecule has 1 fully saturated rings. The number of nitrogens with two attached hydrogens (primary N) is 1. The third-order valence-electron chi connectivity index (χ3n) is 4.11. The number of hydrogen-bond donors (Lipinski definition) is 1. The molecule has 1 amide bonds. The van der Waals surface area contributed by atoms with Crippen molar-refractivity contribution in [2.75, 3.05) is 18.0 Å². The molecule has 1 atom stereocenters. The normalized spacial score (nSPS) is 18.5. The Hall–Kier alpha value is -2.23. The lowest BCUT2D eigenvalue weighted by molar-refractivity contribution is -0.137. The monoisotopic (exact) mass is 325 g/mol. The van der Waals surface area contributed by atoms with E-state index in [-0.39, 0.29) is 17.4 Å². The summed E-state index contributed by atoms with van der Waals surface area (Å²) < 4.78 is 38.5. The van der Waals surface area contributed by atoms with Gasteiger partial charge in [0.1, 0.15) is 0 Å². The standard InChI is InChI=1S/C16H18F3N3O/c17-16(18,19)14-5-4-13(8-12(14)9-20)22-7-1-2-11(10-22)3-6-15(21)23/h4-5,8,11H,1-3,6-7,10H2,(H2,21,23)/t11-/m1/s1. The van der Waals surface area contributed by atoms with Gasteiger partial charge in [0.25, 0.3) is 0 Å². The number of primary amides is 1. The lowest BCUT2D eigenvalue weighted by Gasteiger charge is -2.34. The van der Waals surface area contributed by atoms with Crippen LogP contribution in [0.2, 0.25) is 0 Å².